The Morgan fingerprint density at radius 2 is 1.65 bits per heavy atom. The fourth-order valence-electron chi connectivity index (χ4n) is 2.79. The van der Waals surface area contributed by atoms with Crippen LogP contribution in [0.15, 0.2) is 30.3 Å². The molecular formula is C16H24O. The molecule has 0 N–H and O–H groups in total. The molecular weight excluding hydrogens is 208 g/mol. The molecule has 1 saturated carbocycles. The third-order valence-corrected chi connectivity index (χ3v) is 3.47. The molecule has 0 radical (unpaired) electrons. The van der Waals surface area contributed by atoms with Crippen molar-refractivity contribution >= 4 is 5.78 Å². The van der Waals surface area contributed by atoms with Crippen molar-refractivity contribution in [2.24, 2.45) is 5.92 Å². The van der Waals surface area contributed by atoms with Crippen LogP contribution in [0.5, 0.6) is 0 Å². The van der Waals surface area contributed by atoms with Gasteiger partial charge in [0, 0.05) is 5.92 Å². The van der Waals surface area contributed by atoms with Crippen molar-refractivity contribution in [1.29, 1.82) is 0 Å². The summed E-state index contributed by atoms with van der Waals surface area (Å²) in [5.74, 6) is 1.06. The number of hydrogen-bond acceptors (Lipinski definition) is 1. The maximum Gasteiger partial charge on any atom is 0.137 e. The molecule has 94 valence electrons. The highest BCUT2D eigenvalue weighted by Crippen LogP contribution is 2.37. The van der Waals surface area contributed by atoms with Gasteiger partial charge >= 0.3 is 0 Å². The molecule has 1 aliphatic carbocycles. The molecule has 0 heterocycles. The van der Waals surface area contributed by atoms with Crippen molar-refractivity contribution < 1.29 is 4.79 Å². The lowest BCUT2D eigenvalue weighted by atomic mass is 9.82. The minimum absolute atomic E-state index is 0.147. The first kappa shape index (κ1) is 14.0. The monoisotopic (exact) mass is 232 g/mol. The fraction of sp³-hybridized carbons (Fsp3) is 0.562. The zero-order chi connectivity index (χ0) is 12.7. The molecule has 0 spiro atoms. The van der Waals surface area contributed by atoms with Gasteiger partial charge in [-0.3, -0.25) is 4.79 Å². The van der Waals surface area contributed by atoms with E-state index in [4.69, 9.17) is 0 Å². The first-order valence-corrected chi connectivity index (χ1v) is 6.84. The van der Waals surface area contributed by atoms with Crippen molar-refractivity contribution in [3.63, 3.8) is 0 Å². The van der Waals surface area contributed by atoms with Gasteiger partial charge in [-0.15, -0.1) is 0 Å². The Morgan fingerprint density at radius 3 is 2.12 bits per heavy atom. The molecule has 1 heteroatoms. The first-order chi connectivity index (χ1) is 8.29. The smallest absolute Gasteiger partial charge is 0.137 e. The standard InChI is InChI=1S/C14H18O.C2H6/c1-11(15)14(13-9-5-6-10-13)12-7-3-2-4-8-12;1-2/h2-4,7-8,13-14H,5-6,9-10H2,1H3;1-2H3. The second kappa shape index (κ2) is 7.26. The number of hydrogen-bond donors (Lipinski definition) is 0. The van der Waals surface area contributed by atoms with Gasteiger partial charge in [-0.2, -0.15) is 0 Å². The van der Waals surface area contributed by atoms with E-state index in [1.165, 1.54) is 31.2 Å². The number of rotatable bonds is 3. The maximum atomic E-state index is 11.7. The SMILES string of the molecule is CC.CC(=O)C(c1ccccc1)C1CCCC1. The normalized spacial score (nSPS) is 17.1. The quantitative estimate of drug-likeness (QED) is 0.745. The van der Waals surface area contributed by atoms with Crippen molar-refractivity contribution in [2.45, 2.75) is 52.4 Å². The molecule has 0 aliphatic heterocycles. The predicted molar refractivity (Wildman–Crippen MR) is 73.2 cm³/mol. The fourth-order valence-corrected chi connectivity index (χ4v) is 2.79. The Kier molecular flexibility index (Phi) is 5.96. The number of ketones is 1. The Labute approximate surface area is 105 Å². The topological polar surface area (TPSA) is 17.1 Å². The zero-order valence-electron chi connectivity index (χ0n) is 11.3. The van der Waals surface area contributed by atoms with Gasteiger partial charge < -0.3 is 0 Å². The maximum absolute atomic E-state index is 11.7. The molecule has 1 atom stereocenters. The Balaban J connectivity index is 0.000000686. The van der Waals surface area contributed by atoms with Crippen LogP contribution in [-0.4, -0.2) is 5.78 Å². The Morgan fingerprint density at radius 1 is 1.12 bits per heavy atom. The van der Waals surface area contributed by atoms with E-state index in [1.54, 1.807) is 6.92 Å². The third-order valence-electron chi connectivity index (χ3n) is 3.47. The second-order valence-corrected chi connectivity index (χ2v) is 4.54. The van der Waals surface area contributed by atoms with E-state index < -0.39 is 0 Å². The minimum Gasteiger partial charge on any atom is -0.299 e. The van der Waals surface area contributed by atoms with Gasteiger partial charge in [0.1, 0.15) is 5.78 Å². The highest BCUT2D eigenvalue weighted by Gasteiger charge is 2.29. The lowest BCUT2D eigenvalue weighted by molar-refractivity contribution is -0.119. The Hall–Kier alpha value is -1.11. The van der Waals surface area contributed by atoms with E-state index in [0.717, 1.165) is 0 Å². The van der Waals surface area contributed by atoms with Crippen LogP contribution in [0.25, 0.3) is 0 Å². The summed E-state index contributed by atoms with van der Waals surface area (Å²) >= 11 is 0. The summed E-state index contributed by atoms with van der Waals surface area (Å²) in [7, 11) is 0. The van der Waals surface area contributed by atoms with Crippen LogP contribution in [0.2, 0.25) is 0 Å². The van der Waals surface area contributed by atoms with E-state index in [-0.39, 0.29) is 5.92 Å². The molecule has 17 heavy (non-hydrogen) atoms. The summed E-state index contributed by atoms with van der Waals surface area (Å²) in [6.45, 7) is 5.73. The van der Waals surface area contributed by atoms with Gasteiger partial charge in [0.2, 0.25) is 0 Å². The lowest BCUT2D eigenvalue weighted by Gasteiger charge is -2.20. The second-order valence-electron chi connectivity index (χ2n) is 4.54. The van der Waals surface area contributed by atoms with Crippen molar-refractivity contribution in [2.75, 3.05) is 0 Å². The van der Waals surface area contributed by atoms with Crippen molar-refractivity contribution in [3.8, 4) is 0 Å². The summed E-state index contributed by atoms with van der Waals surface area (Å²) < 4.78 is 0. The van der Waals surface area contributed by atoms with E-state index in [9.17, 15) is 4.79 Å². The van der Waals surface area contributed by atoms with E-state index in [2.05, 4.69) is 12.1 Å². The van der Waals surface area contributed by atoms with Gasteiger partial charge in [-0.25, -0.2) is 0 Å². The third kappa shape index (κ3) is 3.69. The van der Waals surface area contributed by atoms with Crippen LogP contribution in [0.4, 0.5) is 0 Å². The predicted octanol–water partition coefficient (Wildman–Crippen LogP) is 4.58. The number of Topliss-reactive ketones (excluding diaryl/α,β-unsaturated/α-hetero) is 1. The highest BCUT2D eigenvalue weighted by atomic mass is 16.1. The van der Waals surface area contributed by atoms with Gasteiger partial charge in [-0.05, 0) is 31.2 Å². The van der Waals surface area contributed by atoms with Gasteiger partial charge in [0.05, 0.1) is 0 Å². The van der Waals surface area contributed by atoms with Gasteiger partial charge in [0.25, 0.3) is 0 Å². The molecule has 0 amide bonds. The average molecular weight is 232 g/mol. The van der Waals surface area contributed by atoms with Crippen molar-refractivity contribution in [3.05, 3.63) is 35.9 Å². The first-order valence-electron chi connectivity index (χ1n) is 6.84. The molecule has 1 aliphatic rings. The largest absolute Gasteiger partial charge is 0.299 e. The zero-order valence-corrected chi connectivity index (χ0v) is 11.3. The number of carbonyl (C=O) groups is 1. The average Bonchev–Trinajstić information content (AvgIpc) is 2.86. The summed E-state index contributed by atoms with van der Waals surface area (Å²) in [4.78, 5) is 11.7. The van der Waals surface area contributed by atoms with E-state index in [0.29, 0.717) is 11.7 Å². The Bertz CT molecular complexity index is 323. The molecule has 2 rings (SSSR count). The molecule has 0 bridgehead atoms. The molecule has 1 fully saturated rings. The van der Waals surface area contributed by atoms with Crippen LogP contribution in [0, 0.1) is 5.92 Å². The van der Waals surface area contributed by atoms with Crippen LogP contribution in [0.3, 0.4) is 0 Å². The summed E-state index contributed by atoms with van der Waals surface area (Å²) in [6, 6.07) is 10.2. The van der Waals surface area contributed by atoms with Crippen LogP contribution in [0.1, 0.15) is 57.9 Å². The molecule has 1 aromatic carbocycles. The lowest BCUT2D eigenvalue weighted by Crippen LogP contribution is -2.17. The van der Waals surface area contributed by atoms with Crippen LogP contribution < -0.4 is 0 Å². The minimum atomic E-state index is 0.147. The van der Waals surface area contributed by atoms with E-state index >= 15 is 0 Å². The highest BCUT2D eigenvalue weighted by molar-refractivity contribution is 5.83. The molecule has 1 unspecified atom stereocenters. The van der Waals surface area contributed by atoms with Crippen LogP contribution in [-0.2, 0) is 4.79 Å². The molecule has 1 aromatic rings. The van der Waals surface area contributed by atoms with Gasteiger partial charge in [-0.1, -0.05) is 57.0 Å². The van der Waals surface area contributed by atoms with E-state index in [1.807, 2.05) is 32.0 Å². The molecule has 0 saturated heterocycles. The van der Waals surface area contributed by atoms with Crippen LogP contribution >= 0.6 is 0 Å². The summed E-state index contributed by atoms with van der Waals surface area (Å²) in [5, 5.41) is 0. The van der Waals surface area contributed by atoms with Crippen molar-refractivity contribution in [1.82, 2.24) is 0 Å². The summed E-state index contributed by atoms with van der Waals surface area (Å²) in [6.07, 6.45) is 5.03. The number of carbonyl (C=O) groups excluding carboxylic acids is 1. The molecule has 0 aromatic heterocycles. The summed E-state index contributed by atoms with van der Waals surface area (Å²) in [5.41, 5.74) is 1.21. The van der Waals surface area contributed by atoms with Gasteiger partial charge in [0.15, 0.2) is 0 Å². The molecule has 1 nitrogen and oxygen atoms in total. The number of benzene rings is 1.